The second-order valence-corrected chi connectivity index (χ2v) is 5.84. The average molecular weight is 307 g/mol. The van der Waals surface area contributed by atoms with Gasteiger partial charge in [0.25, 0.3) is 0 Å². The van der Waals surface area contributed by atoms with Crippen LogP contribution in [-0.4, -0.2) is 35.8 Å². The largest absolute Gasteiger partial charge is 0.381 e. The molecule has 1 N–H and O–H groups in total. The quantitative estimate of drug-likeness (QED) is 0.881. The van der Waals surface area contributed by atoms with Crippen molar-refractivity contribution in [2.75, 3.05) is 19.8 Å². The maximum absolute atomic E-state index is 11.8. The Morgan fingerprint density at radius 1 is 1.52 bits per heavy atom. The summed E-state index contributed by atoms with van der Waals surface area (Å²) in [7, 11) is 0. The van der Waals surface area contributed by atoms with Crippen molar-refractivity contribution in [2.24, 2.45) is 5.92 Å². The molecule has 1 unspecified atom stereocenters. The van der Waals surface area contributed by atoms with E-state index in [0.29, 0.717) is 37.0 Å². The van der Waals surface area contributed by atoms with E-state index < -0.39 is 0 Å². The molecule has 3 rings (SSSR count). The Morgan fingerprint density at radius 2 is 2.48 bits per heavy atom. The van der Waals surface area contributed by atoms with Gasteiger partial charge in [0.2, 0.25) is 17.6 Å². The van der Waals surface area contributed by atoms with Gasteiger partial charge in [-0.3, -0.25) is 4.79 Å². The van der Waals surface area contributed by atoms with Gasteiger partial charge in [0.15, 0.2) is 0 Å². The van der Waals surface area contributed by atoms with E-state index in [9.17, 15) is 4.79 Å². The topological polar surface area (TPSA) is 77.2 Å². The molecular formula is C14H17N3O3S. The third kappa shape index (κ3) is 3.89. The first-order valence-corrected chi connectivity index (χ1v) is 7.95. The van der Waals surface area contributed by atoms with Crippen molar-refractivity contribution in [3.05, 3.63) is 22.7 Å². The Morgan fingerprint density at radius 3 is 3.24 bits per heavy atom. The van der Waals surface area contributed by atoms with Gasteiger partial charge in [0, 0.05) is 42.9 Å². The molecule has 1 atom stereocenters. The second kappa shape index (κ2) is 6.82. The summed E-state index contributed by atoms with van der Waals surface area (Å²) < 4.78 is 10.4. The lowest BCUT2D eigenvalue weighted by atomic mass is 10.1. The fraction of sp³-hybridized carbons (Fsp3) is 0.500. The van der Waals surface area contributed by atoms with Crippen molar-refractivity contribution in [1.29, 1.82) is 0 Å². The summed E-state index contributed by atoms with van der Waals surface area (Å²) in [5.74, 6) is 1.53. The molecule has 0 bridgehead atoms. The molecule has 6 nitrogen and oxygen atoms in total. The van der Waals surface area contributed by atoms with Crippen LogP contribution in [0.25, 0.3) is 11.4 Å². The van der Waals surface area contributed by atoms with Crippen LogP contribution in [0.1, 0.15) is 18.7 Å². The van der Waals surface area contributed by atoms with Gasteiger partial charge in [-0.15, -0.1) is 0 Å². The fourth-order valence-electron chi connectivity index (χ4n) is 2.18. The summed E-state index contributed by atoms with van der Waals surface area (Å²) in [6.07, 6.45) is 1.84. The van der Waals surface area contributed by atoms with Crippen LogP contribution in [0.5, 0.6) is 0 Å². The number of aromatic nitrogens is 2. The summed E-state index contributed by atoms with van der Waals surface area (Å²) in [5, 5.41) is 10.8. The molecule has 2 aromatic rings. The first-order chi connectivity index (χ1) is 10.3. The van der Waals surface area contributed by atoms with Crippen LogP contribution in [0.3, 0.4) is 0 Å². The monoisotopic (exact) mass is 307 g/mol. The summed E-state index contributed by atoms with van der Waals surface area (Å²) in [6.45, 7) is 2.23. The molecule has 0 aliphatic carbocycles. The standard InChI is InChI=1S/C14H17N3O3S/c18-12(15-7-10-3-5-19-8-10)1-2-13-16-14(17-20-13)11-4-6-21-9-11/h4,6,9-10H,1-3,5,7-8H2,(H,15,18). The zero-order valence-corrected chi connectivity index (χ0v) is 12.4. The molecule has 1 fully saturated rings. The van der Waals surface area contributed by atoms with Crippen LogP contribution < -0.4 is 5.32 Å². The lowest BCUT2D eigenvalue weighted by Crippen LogP contribution is -2.29. The highest BCUT2D eigenvalue weighted by Crippen LogP contribution is 2.19. The second-order valence-electron chi connectivity index (χ2n) is 5.06. The number of nitrogens with one attached hydrogen (secondary N) is 1. The van der Waals surface area contributed by atoms with E-state index in [4.69, 9.17) is 9.26 Å². The number of hydrogen-bond donors (Lipinski definition) is 1. The number of hydrogen-bond acceptors (Lipinski definition) is 6. The van der Waals surface area contributed by atoms with Gasteiger partial charge in [0.1, 0.15) is 0 Å². The molecular weight excluding hydrogens is 290 g/mol. The van der Waals surface area contributed by atoms with Crippen molar-refractivity contribution in [3.63, 3.8) is 0 Å². The minimum absolute atomic E-state index is 0.0113. The molecule has 0 saturated carbocycles. The number of rotatable bonds is 6. The number of amides is 1. The van der Waals surface area contributed by atoms with E-state index in [1.54, 1.807) is 11.3 Å². The minimum atomic E-state index is 0.0113. The van der Waals surface area contributed by atoms with Gasteiger partial charge in [0.05, 0.1) is 6.61 Å². The van der Waals surface area contributed by atoms with Gasteiger partial charge < -0.3 is 14.6 Å². The SMILES string of the molecule is O=C(CCc1nc(-c2ccsc2)no1)NCC1CCOC1. The molecule has 2 aromatic heterocycles. The molecule has 1 amide bonds. The first kappa shape index (κ1) is 14.2. The first-order valence-electron chi connectivity index (χ1n) is 7.01. The summed E-state index contributed by atoms with van der Waals surface area (Å²) in [5.41, 5.74) is 0.945. The van der Waals surface area contributed by atoms with Gasteiger partial charge in [-0.1, -0.05) is 5.16 Å². The number of thiophene rings is 1. The van der Waals surface area contributed by atoms with E-state index in [-0.39, 0.29) is 5.91 Å². The molecule has 7 heteroatoms. The highest BCUT2D eigenvalue weighted by Gasteiger charge is 2.16. The smallest absolute Gasteiger partial charge is 0.227 e. The Labute approximate surface area is 126 Å². The van der Waals surface area contributed by atoms with Crippen LogP contribution in [0.15, 0.2) is 21.3 Å². The van der Waals surface area contributed by atoms with Crippen LogP contribution in [0.4, 0.5) is 0 Å². The summed E-state index contributed by atoms with van der Waals surface area (Å²) in [4.78, 5) is 16.1. The summed E-state index contributed by atoms with van der Waals surface area (Å²) >= 11 is 1.58. The van der Waals surface area contributed by atoms with Crippen LogP contribution in [-0.2, 0) is 16.0 Å². The molecule has 112 valence electrons. The highest BCUT2D eigenvalue weighted by atomic mass is 32.1. The van der Waals surface area contributed by atoms with Gasteiger partial charge in [-0.25, -0.2) is 0 Å². The Kier molecular flexibility index (Phi) is 4.62. The van der Waals surface area contributed by atoms with Crippen molar-refractivity contribution in [1.82, 2.24) is 15.5 Å². The van der Waals surface area contributed by atoms with Crippen LogP contribution in [0, 0.1) is 5.92 Å². The number of ether oxygens (including phenoxy) is 1. The van der Waals surface area contributed by atoms with Gasteiger partial charge in [-0.2, -0.15) is 16.3 Å². The molecule has 3 heterocycles. The van der Waals surface area contributed by atoms with Gasteiger partial charge >= 0.3 is 0 Å². The van der Waals surface area contributed by atoms with Crippen molar-refractivity contribution < 1.29 is 14.1 Å². The molecule has 0 aromatic carbocycles. The number of carbonyl (C=O) groups excluding carboxylic acids is 1. The molecule has 1 aliphatic rings. The van der Waals surface area contributed by atoms with Crippen LogP contribution >= 0.6 is 11.3 Å². The van der Waals surface area contributed by atoms with E-state index >= 15 is 0 Å². The third-order valence-electron chi connectivity index (χ3n) is 3.43. The third-order valence-corrected chi connectivity index (χ3v) is 4.11. The molecule has 0 radical (unpaired) electrons. The number of aryl methyl sites for hydroxylation is 1. The maximum atomic E-state index is 11.8. The van der Waals surface area contributed by atoms with Crippen molar-refractivity contribution in [3.8, 4) is 11.4 Å². The minimum Gasteiger partial charge on any atom is -0.381 e. The van der Waals surface area contributed by atoms with Crippen molar-refractivity contribution >= 4 is 17.2 Å². The predicted molar refractivity (Wildman–Crippen MR) is 77.9 cm³/mol. The fourth-order valence-corrected chi connectivity index (χ4v) is 2.81. The molecule has 0 spiro atoms. The predicted octanol–water partition coefficient (Wildman–Crippen LogP) is 1.88. The maximum Gasteiger partial charge on any atom is 0.227 e. The number of carbonyl (C=O) groups is 1. The Hall–Kier alpha value is -1.73. The van der Waals surface area contributed by atoms with E-state index in [2.05, 4.69) is 15.5 Å². The van der Waals surface area contributed by atoms with Gasteiger partial charge in [-0.05, 0) is 17.9 Å². The van der Waals surface area contributed by atoms with Crippen LogP contribution in [0.2, 0.25) is 0 Å². The lowest BCUT2D eigenvalue weighted by Gasteiger charge is -2.08. The zero-order chi connectivity index (χ0) is 14.5. The number of nitrogens with zero attached hydrogens (tertiary/aromatic N) is 2. The summed E-state index contributed by atoms with van der Waals surface area (Å²) in [6, 6.07) is 1.94. The van der Waals surface area contributed by atoms with E-state index in [0.717, 1.165) is 25.2 Å². The Balaban J connectivity index is 1.43. The van der Waals surface area contributed by atoms with Crippen molar-refractivity contribution in [2.45, 2.75) is 19.3 Å². The Bertz CT molecular complexity index is 576. The molecule has 1 saturated heterocycles. The average Bonchev–Trinajstić information content (AvgIpc) is 3.24. The highest BCUT2D eigenvalue weighted by molar-refractivity contribution is 7.08. The normalized spacial score (nSPS) is 18.0. The molecule has 21 heavy (non-hydrogen) atoms. The molecule has 1 aliphatic heterocycles. The van der Waals surface area contributed by atoms with E-state index in [1.165, 1.54) is 0 Å². The van der Waals surface area contributed by atoms with E-state index in [1.807, 2.05) is 16.8 Å². The lowest BCUT2D eigenvalue weighted by molar-refractivity contribution is -0.121. The zero-order valence-electron chi connectivity index (χ0n) is 11.6.